The van der Waals surface area contributed by atoms with Gasteiger partial charge in [0, 0.05) is 12.1 Å². The lowest BCUT2D eigenvalue weighted by Gasteiger charge is -2.17. The summed E-state index contributed by atoms with van der Waals surface area (Å²) in [6, 6.07) is 1.69. The zero-order valence-electron chi connectivity index (χ0n) is 13.3. The molecule has 118 valence electrons. The Morgan fingerprint density at radius 3 is 2.33 bits per heavy atom. The predicted octanol–water partition coefficient (Wildman–Crippen LogP) is 2.04. The lowest BCUT2D eigenvalue weighted by molar-refractivity contribution is 0.0946. The van der Waals surface area contributed by atoms with Gasteiger partial charge in [-0.05, 0) is 43.4 Å². The second kappa shape index (κ2) is 6.58. The van der Waals surface area contributed by atoms with Crippen LogP contribution < -0.4 is 10.5 Å². The molecular formula is C15H24N2O3S. The molecule has 1 unspecified atom stereocenters. The summed E-state index contributed by atoms with van der Waals surface area (Å²) in [5.74, 6) is 0.118. The molecule has 1 aromatic rings. The molecule has 0 spiro atoms. The fraction of sp³-hybridized carbons (Fsp3) is 0.533. The summed E-state index contributed by atoms with van der Waals surface area (Å²) in [6.45, 7) is 9.76. The Morgan fingerprint density at radius 1 is 1.29 bits per heavy atom. The van der Waals surface area contributed by atoms with E-state index in [1.807, 2.05) is 6.92 Å². The maximum absolute atomic E-state index is 12.4. The van der Waals surface area contributed by atoms with Crippen LogP contribution in [0.4, 0.5) is 0 Å². The van der Waals surface area contributed by atoms with E-state index in [9.17, 15) is 13.2 Å². The van der Waals surface area contributed by atoms with Gasteiger partial charge in [0.05, 0.1) is 4.90 Å². The summed E-state index contributed by atoms with van der Waals surface area (Å²) < 4.78 is 23.4. The summed E-state index contributed by atoms with van der Waals surface area (Å²) >= 11 is 0. The van der Waals surface area contributed by atoms with Crippen molar-refractivity contribution in [3.05, 3.63) is 28.3 Å². The van der Waals surface area contributed by atoms with Gasteiger partial charge in [0.15, 0.2) is 0 Å². The molecular weight excluding hydrogens is 288 g/mol. The molecule has 0 saturated heterocycles. The first kappa shape index (κ1) is 17.7. The maximum atomic E-state index is 12.4. The number of hydrogen-bond donors (Lipinski definition) is 2. The maximum Gasteiger partial charge on any atom is 0.251 e. The lowest BCUT2D eigenvalue weighted by Crippen LogP contribution is -2.30. The second-order valence-corrected chi connectivity index (χ2v) is 7.11. The first-order valence-corrected chi connectivity index (χ1v) is 8.56. The lowest BCUT2D eigenvalue weighted by atomic mass is 9.98. The Bertz CT molecular complexity index is 651. The zero-order valence-corrected chi connectivity index (χ0v) is 14.1. The number of carbonyl (C=O) groups is 1. The summed E-state index contributed by atoms with van der Waals surface area (Å²) in [6.07, 6.45) is 0.967. The fourth-order valence-electron chi connectivity index (χ4n) is 2.45. The summed E-state index contributed by atoms with van der Waals surface area (Å²) in [4.78, 5) is 12.4. The first-order valence-electron chi connectivity index (χ1n) is 7.01. The van der Waals surface area contributed by atoms with Crippen LogP contribution >= 0.6 is 0 Å². The number of benzene rings is 1. The average molecular weight is 312 g/mol. The molecule has 0 aliphatic carbocycles. The quantitative estimate of drug-likeness (QED) is 0.872. The molecule has 0 aliphatic heterocycles. The molecule has 0 fully saturated rings. The Hall–Kier alpha value is -1.40. The number of carbonyl (C=O) groups excluding carboxylic acids is 1. The van der Waals surface area contributed by atoms with Crippen LogP contribution in [0.15, 0.2) is 11.0 Å². The summed E-state index contributed by atoms with van der Waals surface area (Å²) in [7, 11) is -3.85. The van der Waals surface area contributed by atoms with E-state index in [0.717, 1.165) is 12.0 Å². The monoisotopic (exact) mass is 312 g/mol. The molecule has 0 bridgehead atoms. The standard InChI is InChI=1S/C15H24N2O3S/c1-6-9(2)8-17-15(18)13-10(3)7-11(4)14(12(13)5)21(16,19)20/h7,9H,6,8H2,1-5H3,(H,17,18)(H2,16,19,20). The molecule has 6 heteroatoms. The third-order valence-electron chi connectivity index (χ3n) is 3.72. The van der Waals surface area contributed by atoms with E-state index in [1.165, 1.54) is 0 Å². The van der Waals surface area contributed by atoms with Crippen molar-refractivity contribution < 1.29 is 13.2 Å². The minimum absolute atomic E-state index is 0.0433. The summed E-state index contributed by atoms with van der Waals surface area (Å²) in [5, 5.41) is 8.12. The molecule has 0 aliphatic rings. The van der Waals surface area contributed by atoms with Crippen molar-refractivity contribution >= 4 is 15.9 Å². The number of aryl methyl sites for hydroxylation is 2. The van der Waals surface area contributed by atoms with Crippen LogP contribution in [0.1, 0.15) is 47.3 Å². The van der Waals surface area contributed by atoms with Gasteiger partial charge in [-0.3, -0.25) is 4.79 Å². The Balaban J connectivity index is 3.28. The highest BCUT2D eigenvalue weighted by Crippen LogP contribution is 2.25. The third-order valence-corrected chi connectivity index (χ3v) is 4.92. The summed E-state index contributed by atoms with van der Waals surface area (Å²) in [5.41, 5.74) is 2.12. The largest absolute Gasteiger partial charge is 0.352 e. The first-order chi connectivity index (χ1) is 9.59. The number of primary sulfonamides is 1. The average Bonchev–Trinajstić information content (AvgIpc) is 2.33. The smallest absolute Gasteiger partial charge is 0.251 e. The van der Waals surface area contributed by atoms with Gasteiger partial charge in [0.1, 0.15) is 0 Å². The van der Waals surface area contributed by atoms with Crippen LogP contribution in [0, 0.1) is 26.7 Å². The third kappa shape index (κ3) is 4.04. The molecule has 1 aromatic carbocycles. The Labute approximate surface area is 127 Å². The molecule has 3 N–H and O–H groups in total. The van der Waals surface area contributed by atoms with E-state index in [0.29, 0.717) is 29.2 Å². The highest BCUT2D eigenvalue weighted by molar-refractivity contribution is 7.89. The molecule has 0 radical (unpaired) electrons. The number of nitrogens with one attached hydrogen (secondary N) is 1. The normalized spacial score (nSPS) is 13.0. The Morgan fingerprint density at radius 2 is 1.86 bits per heavy atom. The van der Waals surface area contributed by atoms with E-state index in [4.69, 9.17) is 5.14 Å². The highest BCUT2D eigenvalue weighted by Gasteiger charge is 2.22. The van der Waals surface area contributed by atoms with E-state index < -0.39 is 10.0 Å². The van der Waals surface area contributed by atoms with Gasteiger partial charge in [0.2, 0.25) is 10.0 Å². The Kier molecular flexibility index (Phi) is 5.53. The van der Waals surface area contributed by atoms with E-state index >= 15 is 0 Å². The number of amides is 1. The SMILES string of the molecule is CCC(C)CNC(=O)c1c(C)cc(C)c(S(N)(=O)=O)c1C. The molecule has 1 amide bonds. The molecule has 1 atom stereocenters. The number of nitrogens with two attached hydrogens (primary N) is 1. The van der Waals surface area contributed by atoms with Crippen LogP contribution in [0.5, 0.6) is 0 Å². The minimum Gasteiger partial charge on any atom is -0.352 e. The molecule has 5 nitrogen and oxygen atoms in total. The molecule has 0 saturated carbocycles. The predicted molar refractivity (Wildman–Crippen MR) is 83.8 cm³/mol. The van der Waals surface area contributed by atoms with Crippen molar-refractivity contribution in [1.82, 2.24) is 5.32 Å². The van der Waals surface area contributed by atoms with Crippen molar-refractivity contribution in [2.45, 2.75) is 45.9 Å². The van der Waals surface area contributed by atoms with E-state index in [1.54, 1.807) is 26.8 Å². The number of hydrogen-bond acceptors (Lipinski definition) is 3. The van der Waals surface area contributed by atoms with Crippen LogP contribution in [0.3, 0.4) is 0 Å². The van der Waals surface area contributed by atoms with Gasteiger partial charge >= 0.3 is 0 Å². The molecule has 0 heterocycles. The second-order valence-electron chi connectivity index (χ2n) is 5.61. The van der Waals surface area contributed by atoms with Crippen molar-refractivity contribution in [3.8, 4) is 0 Å². The van der Waals surface area contributed by atoms with Crippen LogP contribution in [-0.2, 0) is 10.0 Å². The van der Waals surface area contributed by atoms with Crippen molar-refractivity contribution in [3.63, 3.8) is 0 Å². The van der Waals surface area contributed by atoms with Crippen LogP contribution in [0.2, 0.25) is 0 Å². The zero-order chi connectivity index (χ0) is 16.4. The number of rotatable bonds is 5. The van der Waals surface area contributed by atoms with Gasteiger partial charge in [-0.15, -0.1) is 0 Å². The van der Waals surface area contributed by atoms with Gasteiger partial charge in [0.25, 0.3) is 5.91 Å². The number of sulfonamides is 1. The van der Waals surface area contributed by atoms with Gasteiger partial charge < -0.3 is 5.32 Å². The van der Waals surface area contributed by atoms with Crippen molar-refractivity contribution in [2.24, 2.45) is 11.1 Å². The van der Waals surface area contributed by atoms with Crippen LogP contribution in [0.25, 0.3) is 0 Å². The fourth-order valence-corrected chi connectivity index (χ4v) is 3.49. The van der Waals surface area contributed by atoms with Gasteiger partial charge in [-0.1, -0.05) is 26.3 Å². The van der Waals surface area contributed by atoms with Gasteiger partial charge in [-0.25, -0.2) is 13.6 Å². The molecule has 0 aromatic heterocycles. The van der Waals surface area contributed by atoms with E-state index in [-0.39, 0.29) is 10.8 Å². The van der Waals surface area contributed by atoms with Crippen molar-refractivity contribution in [2.75, 3.05) is 6.54 Å². The van der Waals surface area contributed by atoms with Gasteiger partial charge in [-0.2, -0.15) is 0 Å². The highest BCUT2D eigenvalue weighted by atomic mass is 32.2. The minimum atomic E-state index is -3.85. The molecule has 21 heavy (non-hydrogen) atoms. The topological polar surface area (TPSA) is 89.3 Å². The van der Waals surface area contributed by atoms with Crippen molar-refractivity contribution in [1.29, 1.82) is 0 Å². The molecule has 1 rings (SSSR count). The van der Waals surface area contributed by atoms with E-state index in [2.05, 4.69) is 12.2 Å². The van der Waals surface area contributed by atoms with Crippen LogP contribution in [-0.4, -0.2) is 20.9 Å².